The van der Waals surface area contributed by atoms with Crippen molar-refractivity contribution in [3.8, 4) is 23.0 Å². The van der Waals surface area contributed by atoms with Gasteiger partial charge in [0.2, 0.25) is 0 Å². The minimum atomic E-state index is -4.27. The first-order chi connectivity index (χ1) is 26.9. The zero-order chi connectivity index (χ0) is 40.6. The second-order valence-corrected chi connectivity index (χ2v) is 15.6. The molecule has 0 aliphatic heterocycles. The number of phenols is 2. The van der Waals surface area contributed by atoms with Crippen LogP contribution < -0.4 is 9.29 Å². The molecule has 7 rings (SSSR count). The lowest BCUT2D eigenvalue weighted by molar-refractivity contribution is -0.270. The van der Waals surface area contributed by atoms with E-state index in [0.29, 0.717) is 50.9 Å². The summed E-state index contributed by atoms with van der Waals surface area (Å²) in [5.74, 6) is 0.184. The van der Waals surface area contributed by atoms with Crippen molar-refractivity contribution in [3.63, 3.8) is 0 Å². The van der Waals surface area contributed by atoms with Gasteiger partial charge in [-0.25, -0.2) is 0 Å². The van der Waals surface area contributed by atoms with Gasteiger partial charge < -0.3 is 19.5 Å². The molecule has 8 bridgehead atoms. The monoisotopic (exact) mass is 785 g/mol. The van der Waals surface area contributed by atoms with Crippen LogP contribution in [-0.2, 0) is 48.6 Å². The van der Waals surface area contributed by atoms with Crippen LogP contribution in [0.5, 0.6) is 23.0 Å². The van der Waals surface area contributed by atoms with Crippen LogP contribution in [0, 0.1) is 20.8 Å². The van der Waals surface area contributed by atoms with Gasteiger partial charge in [-0.2, -0.15) is 8.42 Å². The van der Waals surface area contributed by atoms with Gasteiger partial charge in [-0.15, -0.1) is 5.75 Å². The highest BCUT2D eigenvalue weighted by molar-refractivity contribution is 7.87. The summed E-state index contributed by atoms with van der Waals surface area (Å²) >= 11 is 0. The third kappa shape index (κ3) is 10.5. The normalized spacial score (nSPS) is 11.8. The number of fused-ring (bicyclic) bond motifs is 8. The molecule has 300 valence electrons. The smallest absolute Gasteiger partial charge is 0.339 e. The standard InChI is InChI=1S/C45H42O6S.2C2H6.CH4/c1-28-16-33-24-35-18-29(2)20-37(43(35)47)26-39-22-32(15-14-31-10-6-4-7-11-31)23-40(45(39)51-52(49,50)41-12-8-5-9-13-41)27-38-21-30(3)19-36(44(38)48)25-34(17-28)42(33)46;2*1-2;/h4-13,16-23,46-48H,14-15,24-27H2,1-3H3;2*1-2H3;1H4/p-1. The molecule has 6 aromatic carbocycles. The van der Waals surface area contributed by atoms with Gasteiger partial charge in [0.05, 0.1) is 0 Å². The molecule has 2 N–H and O–H groups in total. The van der Waals surface area contributed by atoms with E-state index in [1.54, 1.807) is 18.2 Å². The number of aryl methyl sites for hydroxylation is 5. The molecule has 0 saturated carbocycles. The van der Waals surface area contributed by atoms with Crippen molar-refractivity contribution in [1.82, 2.24) is 0 Å². The number of rotatable bonds is 6. The minimum absolute atomic E-state index is 0. The molecule has 0 saturated heterocycles. The van der Waals surface area contributed by atoms with Crippen LogP contribution in [0.3, 0.4) is 0 Å². The van der Waals surface area contributed by atoms with Crippen molar-refractivity contribution < 1.29 is 27.9 Å². The third-order valence-electron chi connectivity index (χ3n) is 9.81. The summed E-state index contributed by atoms with van der Waals surface area (Å²) < 4.78 is 33.9. The number of hydrogen-bond donors (Lipinski definition) is 2. The summed E-state index contributed by atoms with van der Waals surface area (Å²) in [6, 6.07) is 33.4. The van der Waals surface area contributed by atoms with E-state index in [-0.39, 0.29) is 61.0 Å². The van der Waals surface area contributed by atoms with E-state index >= 15 is 0 Å². The Balaban J connectivity index is 0.00000140. The van der Waals surface area contributed by atoms with E-state index in [1.807, 2.05) is 115 Å². The fourth-order valence-electron chi connectivity index (χ4n) is 7.44. The van der Waals surface area contributed by atoms with Crippen LogP contribution in [0.4, 0.5) is 0 Å². The van der Waals surface area contributed by atoms with Gasteiger partial charge in [-0.3, -0.25) is 0 Å². The van der Waals surface area contributed by atoms with Crippen LogP contribution in [0.15, 0.2) is 114 Å². The van der Waals surface area contributed by atoms with E-state index < -0.39 is 10.1 Å². The predicted molar refractivity (Wildman–Crippen MR) is 232 cm³/mol. The Kier molecular flexibility index (Phi) is 15.2. The number of benzene rings is 6. The van der Waals surface area contributed by atoms with Crippen molar-refractivity contribution >= 4 is 10.1 Å². The van der Waals surface area contributed by atoms with Gasteiger partial charge in [0, 0.05) is 36.8 Å². The van der Waals surface area contributed by atoms with Gasteiger partial charge in [0.15, 0.2) is 0 Å². The second kappa shape index (κ2) is 19.6. The second-order valence-electron chi connectivity index (χ2n) is 14.1. The summed E-state index contributed by atoms with van der Waals surface area (Å²) in [6.07, 6.45) is 2.20. The van der Waals surface area contributed by atoms with Gasteiger partial charge in [0.25, 0.3) is 0 Å². The molecule has 1 aliphatic rings. The fraction of sp³-hybridized carbons (Fsp3) is 0.280. The molecule has 0 spiro atoms. The first kappa shape index (κ1) is 44.2. The predicted octanol–water partition coefficient (Wildman–Crippen LogP) is 11.0. The van der Waals surface area contributed by atoms with Gasteiger partial charge in [0.1, 0.15) is 22.1 Å². The van der Waals surface area contributed by atoms with Crippen molar-refractivity contribution in [2.75, 3.05) is 0 Å². The quantitative estimate of drug-likeness (QED) is 0.163. The van der Waals surface area contributed by atoms with Crippen LogP contribution in [0.25, 0.3) is 0 Å². The van der Waals surface area contributed by atoms with Crippen LogP contribution in [-0.4, -0.2) is 18.6 Å². The molecule has 0 heterocycles. The molecule has 0 aromatic heterocycles. The lowest BCUT2D eigenvalue weighted by Gasteiger charge is -2.23. The molecule has 57 heavy (non-hydrogen) atoms. The Morgan fingerprint density at radius 1 is 0.526 bits per heavy atom. The van der Waals surface area contributed by atoms with Crippen LogP contribution in [0.2, 0.25) is 0 Å². The number of phenolic OH excluding ortho intramolecular Hbond substituents is 2. The molecular weight excluding hydrogens is 729 g/mol. The van der Waals surface area contributed by atoms with E-state index in [2.05, 4.69) is 12.1 Å². The fourth-order valence-corrected chi connectivity index (χ4v) is 8.46. The van der Waals surface area contributed by atoms with Crippen molar-refractivity contribution in [2.45, 2.75) is 99.3 Å². The first-order valence-electron chi connectivity index (χ1n) is 19.5. The van der Waals surface area contributed by atoms with Crippen molar-refractivity contribution in [3.05, 3.63) is 182 Å². The topological polar surface area (TPSA) is 107 Å². The van der Waals surface area contributed by atoms with E-state index in [4.69, 9.17) is 4.18 Å². The summed E-state index contributed by atoms with van der Waals surface area (Å²) in [5, 5.41) is 37.5. The largest absolute Gasteiger partial charge is 0.872 e. The van der Waals surface area contributed by atoms with Gasteiger partial charge >= 0.3 is 10.1 Å². The molecule has 6 nitrogen and oxygen atoms in total. The molecule has 7 heteroatoms. The Morgan fingerprint density at radius 2 is 0.877 bits per heavy atom. The number of aromatic hydroxyl groups is 2. The Labute approximate surface area is 340 Å². The SMILES string of the molecule is C.CC.CC.Cc1cc2c([O-])c(c1)Cc1cc(C)cc(c1O)Cc1cc(CCc3ccccc3)cc(c1OS(=O)(=O)c1ccccc1)Cc1cc(C)cc(c1O)C2. The molecule has 0 fully saturated rings. The highest BCUT2D eigenvalue weighted by Crippen LogP contribution is 2.40. The van der Waals surface area contributed by atoms with E-state index in [0.717, 1.165) is 28.7 Å². The molecule has 6 aromatic rings. The lowest BCUT2D eigenvalue weighted by atomic mass is 9.88. The summed E-state index contributed by atoms with van der Waals surface area (Å²) in [5.41, 5.74) is 9.57. The van der Waals surface area contributed by atoms with Crippen molar-refractivity contribution in [2.24, 2.45) is 0 Å². The average Bonchev–Trinajstić information content (AvgIpc) is 3.19. The Hall–Kier alpha value is -5.53. The molecule has 1 aliphatic carbocycles. The summed E-state index contributed by atoms with van der Waals surface area (Å²) in [4.78, 5) is 0.0217. The molecule has 0 unspecified atom stereocenters. The average molecular weight is 786 g/mol. The van der Waals surface area contributed by atoms with Crippen LogP contribution in [0.1, 0.15) is 107 Å². The van der Waals surface area contributed by atoms with Gasteiger partial charge in [-0.05, 0) is 79.1 Å². The maximum atomic E-state index is 13.9. The Bertz CT molecular complexity index is 2300. The maximum absolute atomic E-state index is 13.9. The molecule has 0 atom stereocenters. The third-order valence-corrected chi connectivity index (χ3v) is 11.0. The zero-order valence-corrected chi connectivity index (χ0v) is 34.4. The van der Waals surface area contributed by atoms with E-state index in [1.165, 1.54) is 17.7 Å². The first-order valence-corrected chi connectivity index (χ1v) is 20.9. The lowest BCUT2D eigenvalue weighted by Crippen LogP contribution is -2.14. The highest BCUT2D eigenvalue weighted by atomic mass is 32.2. The number of hydrogen-bond acceptors (Lipinski definition) is 6. The Morgan fingerprint density at radius 3 is 1.30 bits per heavy atom. The minimum Gasteiger partial charge on any atom is -0.872 e. The van der Waals surface area contributed by atoms with Crippen LogP contribution >= 0.6 is 0 Å². The van der Waals surface area contributed by atoms with Crippen molar-refractivity contribution in [1.29, 1.82) is 0 Å². The highest BCUT2D eigenvalue weighted by Gasteiger charge is 2.25. The summed E-state index contributed by atoms with van der Waals surface area (Å²) in [6.45, 7) is 13.8. The van der Waals surface area contributed by atoms with Gasteiger partial charge in [-0.1, -0.05) is 160 Å². The molecule has 0 amide bonds. The van der Waals surface area contributed by atoms with E-state index in [9.17, 15) is 23.7 Å². The zero-order valence-electron chi connectivity index (χ0n) is 33.6. The molecule has 0 radical (unpaired) electrons. The molecular formula is C50H57O6S-. The summed E-state index contributed by atoms with van der Waals surface area (Å²) in [7, 11) is -4.27. The maximum Gasteiger partial charge on any atom is 0.339 e.